The molecule has 0 aromatic heterocycles. The minimum Gasteiger partial charge on any atom is -0.490 e. The summed E-state index contributed by atoms with van der Waals surface area (Å²) in [5.74, 6) is 0.579. The predicted octanol–water partition coefficient (Wildman–Crippen LogP) is 6.82. The van der Waals surface area contributed by atoms with Crippen molar-refractivity contribution in [2.24, 2.45) is 5.92 Å². The van der Waals surface area contributed by atoms with Gasteiger partial charge in [-0.25, -0.2) is 4.79 Å². The van der Waals surface area contributed by atoms with Gasteiger partial charge in [0, 0.05) is 32.9 Å². The molecule has 0 heterocycles. The first-order valence-electron chi connectivity index (χ1n) is 13.9. The number of aryl methyl sites for hydroxylation is 1. The van der Waals surface area contributed by atoms with Crippen LogP contribution in [0.1, 0.15) is 60.5 Å². The number of anilines is 1. The van der Waals surface area contributed by atoms with Gasteiger partial charge in [0.25, 0.3) is 0 Å². The lowest BCUT2D eigenvalue weighted by Gasteiger charge is -2.43. The van der Waals surface area contributed by atoms with Crippen LogP contribution in [0.3, 0.4) is 0 Å². The summed E-state index contributed by atoms with van der Waals surface area (Å²) in [6.45, 7) is 7.08. The fourth-order valence-electron chi connectivity index (χ4n) is 5.82. The summed E-state index contributed by atoms with van der Waals surface area (Å²) >= 11 is 6.34. The van der Waals surface area contributed by atoms with E-state index < -0.39 is 17.7 Å². The summed E-state index contributed by atoms with van der Waals surface area (Å²) in [6, 6.07) is 11.3. The Labute approximate surface area is 244 Å². The van der Waals surface area contributed by atoms with Gasteiger partial charge in [0.2, 0.25) is 0 Å². The number of hydrogen-bond acceptors (Lipinski definition) is 7. The second-order valence-electron chi connectivity index (χ2n) is 10.4. The third-order valence-corrected chi connectivity index (χ3v) is 8.08. The number of nitrogens with one attached hydrogen (secondary N) is 1. The van der Waals surface area contributed by atoms with Gasteiger partial charge in [0.15, 0.2) is 6.29 Å². The van der Waals surface area contributed by atoms with Gasteiger partial charge in [-0.3, -0.25) is 0 Å². The molecule has 3 rings (SSSR count). The molecule has 1 aliphatic carbocycles. The molecule has 40 heavy (non-hydrogen) atoms. The number of ether oxygens (including phenoxy) is 5. The van der Waals surface area contributed by atoms with Crippen molar-refractivity contribution in [1.29, 1.82) is 0 Å². The predicted molar refractivity (Wildman–Crippen MR) is 160 cm³/mol. The monoisotopic (exact) mass is 573 g/mol. The molecule has 0 saturated carbocycles. The van der Waals surface area contributed by atoms with Crippen LogP contribution in [0.4, 0.5) is 5.69 Å². The minimum absolute atomic E-state index is 0.0183. The molecular formula is C32H44ClNO6. The van der Waals surface area contributed by atoms with Crippen molar-refractivity contribution in [3.05, 3.63) is 70.8 Å². The highest BCUT2D eigenvalue weighted by atomic mass is 35.5. The Morgan fingerprint density at radius 1 is 1.12 bits per heavy atom. The van der Waals surface area contributed by atoms with Gasteiger partial charge in [-0.05, 0) is 79.5 Å². The number of carbonyl (C=O) groups excluding carboxylic acids is 1. The summed E-state index contributed by atoms with van der Waals surface area (Å²) < 4.78 is 28.8. The van der Waals surface area contributed by atoms with Crippen LogP contribution in [0.5, 0.6) is 5.75 Å². The van der Waals surface area contributed by atoms with E-state index in [1.165, 1.54) is 12.7 Å². The van der Waals surface area contributed by atoms with Crippen LogP contribution >= 0.6 is 11.6 Å². The zero-order valence-electron chi connectivity index (χ0n) is 24.5. The quantitative estimate of drug-likeness (QED) is 0.134. The number of carbonyl (C=O) groups is 1. The van der Waals surface area contributed by atoms with Gasteiger partial charge in [-0.2, -0.15) is 0 Å². The zero-order chi connectivity index (χ0) is 29.1. The lowest BCUT2D eigenvalue weighted by Crippen LogP contribution is -2.49. The van der Waals surface area contributed by atoms with Gasteiger partial charge in [-0.1, -0.05) is 37.1 Å². The largest absolute Gasteiger partial charge is 0.490 e. The number of methoxy groups -OCH3 is 4. The van der Waals surface area contributed by atoms with Crippen molar-refractivity contribution in [2.75, 3.05) is 46.9 Å². The molecule has 3 atom stereocenters. The third-order valence-electron chi connectivity index (χ3n) is 7.85. The SMILES string of the molecule is C=C[C@@H](C[C@@H](CCC)CNc1cc(C(=O)OC)ccc1OC[C@@]1(C(OC)OC)CCCc2cc(Cl)ccc21)OC. The number of rotatable bonds is 16. The molecule has 0 amide bonds. The van der Waals surface area contributed by atoms with Crippen molar-refractivity contribution >= 4 is 23.3 Å². The lowest BCUT2D eigenvalue weighted by molar-refractivity contribution is -0.162. The second-order valence-corrected chi connectivity index (χ2v) is 10.8. The number of fused-ring (bicyclic) bond motifs is 1. The molecule has 220 valence electrons. The van der Waals surface area contributed by atoms with E-state index in [4.69, 9.17) is 35.3 Å². The first-order chi connectivity index (χ1) is 19.3. The Bertz CT molecular complexity index is 1120. The van der Waals surface area contributed by atoms with E-state index in [-0.39, 0.29) is 6.10 Å². The van der Waals surface area contributed by atoms with Crippen molar-refractivity contribution in [3.63, 3.8) is 0 Å². The molecule has 0 saturated heterocycles. The van der Waals surface area contributed by atoms with E-state index in [1.54, 1.807) is 33.5 Å². The highest BCUT2D eigenvalue weighted by Crippen LogP contribution is 2.43. The minimum atomic E-state index is -0.541. The average molecular weight is 574 g/mol. The van der Waals surface area contributed by atoms with Crippen molar-refractivity contribution in [2.45, 2.75) is 63.3 Å². The molecule has 0 radical (unpaired) electrons. The van der Waals surface area contributed by atoms with E-state index in [9.17, 15) is 4.79 Å². The van der Waals surface area contributed by atoms with Crippen LogP contribution in [0.25, 0.3) is 0 Å². The molecule has 7 nitrogen and oxygen atoms in total. The number of benzene rings is 2. The Hall–Kier alpha value is -2.58. The van der Waals surface area contributed by atoms with Gasteiger partial charge >= 0.3 is 5.97 Å². The third kappa shape index (κ3) is 7.58. The van der Waals surface area contributed by atoms with E-state index >= 15 is 0 Å². The van der Waals surface area contributed by atoms with Crippen LogP contribution in [0.2, 0.25) is 5.02 Å². The topological polar surface area (TPSA) is 75.3 Å². The van der Waals surface area contributed by atoms with Gasteiger partial charge in [-0.15, -0.1) is 6.58 Å². The van der Waals surface area contributed by atoms with Crippen molar-refractivity contribution in [3.8, 4) is 5.75 Å². The Balaban J connectivity index is 1.93. The molecule has 2 aromatic rings. The van der Waals surface area contributed by atoms with E-state index in [2.05, 4.69) is 24.9 Å². The van der Waals surface area contributed by atoms with Crippen LogP contribution in [0.15, 0.2) is 49.1 Å². The molecule has 0 bridgehead atoms. The van der Waals surface area contributed by atoms with Gasteiger partial charge in [0.1, 0.15) is 12.4 Å². The molecule has 2 aromatic carbocycles. The summed E-state index contributed by atoms with van der Waals surface area (Å²) in [4.78, 5) is 12.4. The Morgan fingerprint density at radius 2 is 1.90 bits per heavy atom. The highest BCUT2D eigenvalue weighted by Gasteiger charge is 2.45. The zero-order valence-corrected chi connectivity index (χ0v) is 25.2. The summed E-state index contributed by atoms with van der Waals surface area (Å²) in [6.07, 6.45) is 6.94. The molecule has 0 spiro atoms. The van der Waals surface area contributed by atoms with Gasteiger partial charge in [0.05, 0.1) is 29.9 Å². The molecule has 1 aliphatic rings. The van der Waals surface area contributed by atoms with Crippen molar-refractivity contribution in [1.82, 2.24) is 0 Å². The van der Waals surface area contributed by atoms with Crippen molar-refractivity contribution < 1.29 is 28.5 Å². The second kappa shape index (κ2) is 15.4. The molecule has 8 heteroatoms. The summed E-state index contributed by atoms with van der Waals surface area (Å²) in [7, 11) is 6.39. The smallest absolute Gasteiger partial charge is 0.337 e. The Morgan fingerprint density at radius 3 is 2.55 bits per heavy atom. The average Bonchev–Trinajstić information content (AvgIpc) is 2.97. The van der Waals surface area contributed by atoms with E-state index in [1.807, 2.05) is 24.3 Å². The van der Waals surface area contributed by atoms with Crippen LogP contribution in [-0.4, -0.2) is 60.0 Å². The highest BCUT2D eigenvalue weighted by molar-refractivity contribution is 6.30. The lowest BCUT2D eigenvalue weighted by atomic mass is 9.69. The molecule has 1 N–H and O–H groups in total. The maximum Gasteiger partial charge on any atom is 0.337 e. The van der Waals surface area contributed by atoms with E-state index in [0.717, 1.165) is 49.8 Å². The fraction of sp³-hybridized carbons (Fsp3) is 0.531. The fourth-order valence-corrected chi connectivity index (χ4v) is 6.02. The summed E-state index contributed by atoms with van der Waals surface area (Å²) in [5.41, 5.74) is 2.93. The molecule has 0 fully saturated rings. The maximum atomic E-state index is 12.4. The number of esters is 1. The normalized spacial score (nSPS) is 18.1. The van der Waals surface area contributed by atoms with Crippen LogP contribution < -0.4 is 10.1 Å². The summed E-state index contributed by atoms with van der Waals surface area (Å²) in [5, 5.41) is 4.26. The van der Waals surface area contributed by atoms with E-state index in [0.29, 0.717) is 35.4 Å². The molecule has 0 aliphatic heterocycles. The molecular weight excluding hydrogens is 530 g/mol. The Kier molecular flexibility index (Phi) is 12.3. The maximum absolute atomic E-state index is 12.4. The molecule has 0 unspecified atom stereocenters. The standard InChI is InChI=1S/C32H44ClNO6/c1-7-10-22(17-26(8-2)36-3)20-34-28-19-24(30(35)37-4)12-15-29(28)40-21-32(31(38-5)39-6)16-9-11-23-18-25(33)13-14-27(23)32/h8,12-15,18-19,22,26,31,34H,2,7,9-11,16-17,20-21H2,1,3-6H3/t22-,26+,32+/m1/s1. The van der Waals surface area contributed by atoms with Crippen LogP contribution in [0, 0.1) is 5.92 Å². The first-order valence-corrected chi connectivity index (χ1v) is 14.3. The van der Waals surface area contributed by atoms with Crippen LogP contribution in [-0.2, 0) is 30.8 Å². The first kappa shape index (κ1) is 31.9. The van der Waals surface area contributed by atoms with Gasteiger partial charge < -0.3 is 29.0 Å². The number of halogens is 1. The number of hydrogen-bond donors (Lipinski definition) is 1.